The van der Waals surface area contributed by atoms with Gasteiger partial charge in [-0.1, -0.05) is 48.0 Å². The molecule has 5 nitrogen and oxygen atoms in total. The highest BCUT2D eigenvalue weighted by atomic mass is 32.1. The van der Waals surface area contributed by atoms with E-state index >= 15 is 0 Å². The molecule has 1 aromatic heterocycles. The van der Waals surface area contributed by atoms with E-state index in [1.54, 1.807) is 18.2 Å². The Morgan fingerprint density at radius 2 is 1.78 bits per heavy atom. The minimum atomic E-state index is -0.506. The van der Waals surface area contributed by atoms with E-state index in [0.29, 0.717) is 22.4 Å². The Hall–Kier alpha value is -2.96. The maximum Gasteiger partial charge on any atom is 0.274 e. The molecule has 0 unspecified atom stereocenters. The summed E-state index contributed by atoms with van der Waals surface area (Å²) in [6, 6.07) is 18.9. The highest BCUT2D eigenvalue weighted by molar-refractivity contribution is 7.12. The van der Waals surface area contributed by atoms with Gasteiger partial charge in [0.2, 0.25) is 5.91 Å². The van der Waals surface area contributed by atoms with Gasteiger partial charge in [-0.2, -0.15) is 0 Å². The standard InChI is InChI=1S/C21H20N2O3S/c1-14-7-9-16(10-8-14)21(25)23-26-13-19-18(20(22)24)12-17(27-19)11-15-5-3-2-4-6-15/h2-10,12H,11,13H2,1H3,(H2,22,24)(H,23,25). The first-order chi connectivity index (χ1) is 13.0. The van der Waals surface area contributed by atoms with E-state index < -0.39 is 5.91 Å². The number of carbonyl (C=O) groups excluding carboxylic acids is 2. The highest BCUT2D eigenvalue weighted by Gasteiger charge is 2.15. The number of rotatable bonds is 7. The molecule has 3 aromatic rings. The van der Waals surface area contributed by atoms with Crippen LogP contribution in [0.4, 0.5) is 0 Å². The SMILES string of the molecule is Cc1ccc(C(=O)NOCc2sc(Cc3ccccc3)cc2C(N)=O)cc1. The lowest BCUT2D eigenvalue weighted by Crippen LogP contribution is -2.24. The van der Waals surface area contributed by atoms with Crippen LogP contribution in [-0.2, 0) is 17.9 Å². The van der Waals surface area contributed by atoms with Crippen LogP contribution in [0.2, 0.25) is 0 Å². The first kappa shape index (κ1) is 18.8. The number of amides is 2. The molecule has 0 aliphatic carbocycles. The van der Waals surface area contributed by atoms with E-state index in [1.165, 1.54) is 11.3 Å². The van der Waals surface area contributed by atoms with E-state index in [4.69, 9.17) is 10.6 Å². The molecule has 3 N–H and O–H groups in total. The monoisotopic (exact) mass is 380 g/mol. The molecule has 2 amide bonds. The topological polar surface area (TPSA) is 81.4 Å². The molecule has 0 saturated carbocycles. The molecule has 0 fully saturated rings. The van der Waals surface area contributed by atoms with E-state index in [-0.39, 0.29) is 12.5 Å². The number of thiophene rings is 1. The molecule has 27 heavy (non-hydrogen) atoms. The number of nitrogens with one attached hydrogen (secondary N) is 1. The van der Waals surface area contributed by atoms with Crippen LogP contribution in [0.5, 0.6) is 0 Å². The van der Waals surface area contributed by atoms with Crippen molar-refractivity contribution in [2.75, 3.05) is 0 Å². The average molecular weight is 380 g/mol. The van der Waals surface area contributed by atoms with Crippen molar-refractivity contribution < 1.29 is 14.4 Å². The predicted octanol–water partition coefficient (Wildman–Crippen LogP) is 3.61. The lowest BCUT2D eigenvalue weighted by atomic mass is 10.1. The first-order valence-corrected chi connectivity index (χ1v) is 9.28. The van der Waals surface area contributed by atoms with Crippen molar-refractivity contribution in [2.45, 2.75) is 20.0 Å². The summed E-state index contributed by atoms with van der Waals surface area (Å²) in [6.07, 6.45) is 0.710. The van der Waals surface area contributed by atoms with Gasteiger partial charge in [0.15, 0.2) is 0 Å². The number of hydroxylamine groups is 1. The summed E-state index contributed by atoms with van der Waals surface area (Å²) in [7, 11) is 0. The summed E-state index contributed by atoms with van der Waals surface area (Å²) in [5.41, 5.74) is 11.0. The third kappa shape index (κ3) is 5.03. The normalized spacial score (nSPS) is 10.6. The maximum atomic E-state index is 12.1. The highest BCUT2D eigenvalue weighted by Crippen LogP contribution is 2.25. The van der Waals surface area contributed by atoms with Crippen molar-refractivity contribution in [3.05, 3.63) is 92.7 Å². The summed E-state index contributed by atoms with van der Waals surface area (Å²) in [5, 5.41) is 0. The van der Waals surface area contributed by atoms with Gasteiger partial charge in [0.05, 0.1) is 5.56 Å². The van der Waals surface area contributed by atoms with Gasteiger partial charge in [0.25, 0.3) is 5.91 Å². The zero-order valence-corrected chi connectivity index (χ0v) is 15.7. The maximum absolute atomic E-state index is 12.1. The van der Waals surface area contributed by atoms with Gasteiger partial charge >= 0.3 is 0 Å². The molecule has 0 aliphatic rings. The molecule has 0 atom stereocenters. The summed E-state index contributed by atoms with van der Waals surface area (Å²) in [5.74, 6) is -0.842. The van der Waals surface area contributed by atoms with Crippen molar-refractivity contribution in [1.82, 2.24) is 5.48 Å². The van der Waals surface area contributed by atoms with E-state index in [1.807, 2.05) is 49.4 Å². The molecule has 0 bridgehead atoms. The zero-order valence-electron chi connectivity index (χ0n) is 14.9. The van der Waals surface area contributed by atoms with Gasteiger partial charge in [-0.15, -0.1) is 11.3 Å². The molecular weight excluding hydrogens is 360 g/mol. The van der Waals surface area contributed by atoms with Crippen LogP contribution in [0, 0.1) is 6.92 Å². The molecule has 2 aromatic carbocycles. The van der Waals surface area contributed by atoms with Crippen molar-refractivity contribution in [2.24, 2.45) is 5.73 Å². The van der Waals surface area contributed by atoms with Crippen LogP contribution in [0.15, 0.2) is 60.7 Å². The van der Waals surface area contributed by atoms with E-state index in [0.717, 1.165) is 16.0 Å². The van der Waals surface area contributed by atoms with Crippen molar-refractivity contribution in [1.29, 1.82) is 0 Å². The third-order valence-corrected chi connectivity index (χ3v) is 5.14. The second-order valence-corrected chi connectivity index (χ2v) is 7.38. The number of aryl methyl sites for hydroxylation is 1. The van der Waals surface area contributed by atoms with Crippen molar-refractivity contribution in [3.63, 3.8) is 0 Å². The van der Waals surface area contributed by atoms with Gasteiger partial charge < -0.3 is 5.73 Å². The smallest absolute Gasteiger partial charge is 0.274 e. The van der Waals surface area contributed by atoms with Gasteiger partial charge in [0, 0.05) is 21.7 Å². The summed E-state index contributed by atoms with van der Waals surface area (Å²) in [4.78, 5) is 30.8. The first-order valence-electron chi connectivity index (χ1n) is 8.47. The Morgan fingerprint density at radius 1 is 1.07 bits per heavy atom. The van der Waals surface area contributed by atoms with Gasteiger partial charge in [0.1, 0.15) is 6.61 Å². The summed E-state index contributed by atoms with van der Waals surface area (Å²) < 4.78 is 0. The van der Waals surface area contributed by atoms with Crippen LogP contribution in [0.1, 0.15) is 41.6 Å². The van der Waals surface area contributed by atoms with E-state index in [2.05, 4.69) is 5.48 Å². The fourth-order valence-corrected chi connectivity index (χ4v) is 3.73. The summed E-state index contributed by atoms with van der Waals surface area (Å²) in [6.45, 7) is 2.03. The second-order valence-electron chi connectivity index (χ2n) is 6.16. The van der Waals surface area contributed by atoms with Gasteiger partial charge in [-0.25, -0.2) is 5.48 Å². The molecule has 0 aliphatic heterocycles. The van der Waals surface area contributed by atoms with Crippen LogP contribution in [-0.4, -0.2) is 11.8 Å². The molecule has 0 spiro atoms. The zero-order chi connectivity index (χ0) is 19.2. The molecule has 0 saturated heterocycles. The number of hydrogen-bond acceptors (Lipinski definition) is 4. The lowest BCUT2D eigenvalue weighted by Gasteiger charge is -2.06. The largest absolute Gasteiger partial charge is 0.366 e. The molecule has 6 heteroatoms. The third-order valence-electron chi connectivity index (χ3n) is 4.03. The number of carbonyl (C=O) groups is 2. The quantitative estimate of drug-likeness (QED) is 0.615. The van der Waals surface area contributed by atoms with Gasteiger partial charge in [-0.05, 0) is 30.7 Å². The number of nitrogens with two attached hydrogens (primary N) is 1. The average Bonchev–Trinajstić information content (AvgIpc) is 3.06. The van der Waals surface area contributed by atoms with Crippen molar-refractivity contribution >= 4 is 23.2 Å². The number of primary amides is 1. The minimum absolute atomic E-state index is 0.0787. The fraction of sp³-hybridized carbons (Fsp3) is 0.143. The Morgan fingerprint density at radius 3 is 2.44 bits per heavy atom. The number of benzene rings is 2. The molecule has 3 rings (SSSR count). The minimum Gasteiger partial charge on any atom is -0.366 e. The Balaban J connectivity index is 1.64. The molecule has 138 valence electrons. The Bertz CT molecular complexity index is 934. The predicted molar refractivity (Wildman–Crippen MR) is 106 cm³/mol. The van der Waals surface area contributed by atoms with Gasteiger partial charge in [-0.3, -0.25) is 14.4 Å². The van der Waals surface area contributed by atoms with Crippen LogP contribution in [0.3, 0.4) is 0 Å². The van der Waals surface area contributed by atoms with Crippen molar-refractivity contribution in [3.8, 4) is 0 Å². The number of hydrogen-bond donors (Lipinski definition) is 2. The van der Waals surface area contributed by atoms with Crippen LogP contribution in [0.25, 0.3) is 0 Å². The van der Waals surface area contributed by atoms with E-state index in [9.17, 15) is 9.59 Å². The fourth-order valence-electron chi connectivity index (χ4n) is 2.62. The molecular formula is C21H20N2O3S. The molecule has 0 radical (unpaired) electrons. The Kier molecular flexibility index (Phi) is 6.01. The Labute approximate surface area is 161 Å². The summed E-state index contributed by atoms with van der Waals surface area (Å²) >= 11 is 1.45. The second kappa shape index (κ2) is 8.62. The van der Waals surface area contributed by atoms with Crippen LogP contribution < -0.4 is 11.2 Å². The van der Waals surface area contributed by atoms with Crippen LogP contribution >= 0.6 is 11.3 Å². The lowest BCUT2D eigenvalue weighted by molar-refractivity contribution is 0.0241. The molecule has 1 heterocycles.